The topological polar surface area (TPSA) is 26.3 Å². The Labute approximate surface area is 93.0 Å². The summed E-state index contributed by atoms with van der Waals surface area (Å²) in [5, 5.41) is 0. The van der Waals surface area contributed by atoms with Crippen molar-refractivity contribution in [2.75, 3.05) is 0 Å². The lowest BCUT2D eigenvalue weighted by Crippen LogP contribution is -2.08. The molecule has 0 aliphatic rings. The Balaban J connectivity index is 3.33. The maximum absolute atomic E-state index is 13.2. The molecule has 1 aromatic rings. The van der Waals surface area contributed by atoms with E-state index in [-0.39, 0.29) is 5.56 Å². The van der Waals surface area contributed by atoms with Gasteiger partial charge in [-0.15, -0.1) is 0 Å². The molecule has 1 rings (SSSR count). The number of hydrogen-bond acceptors (Lipinski definition) is 2. The highest BCUT2D eigenvalue weighted by molar-refractivity contribution is 5.94. The fourth-order valence-corrected chi connectivity index (χ4v) is 1.20. The minimum Gasteiger partial charge on any atom is -0.434 e. The van der Waals surface area contributed by atoms with Crippen LogP contribution in [0.1, 0.15) is 29.3 Å². The molecule has 1 aromatic carbocycles. The second-order valence-corrected chi connectivity index (χ2v) is 3.11. The number of carbonyl (C=O) groups excluding carboxylic acids is 1. The third-order valence-corrected chi connectivity index (χ3v) is 1.93. The van der Waals surface area contributed by atoms with Crippen molar-refractivity contribution in [1.29, 1.82) is 0 Å². The summed E-state index contributed by atoms with van der Waals surface area (Å²) in [5.41, 5.74) is -1.60. The highest BCUT2D eigenvalue weighted by Gasteiger charge is 2.23. The Morgan fingerprint density at radius 1 is 1.24 bits per heavy atom. The highest BCUT2D eigenvalue weighted by atomic mass is 19.3. The van der Waals surface area contributed by atoms with E-state index in [1.54, 1.807) is 0 Å². The summed E-state index contributed by atoms with van der Waals surface area (Å²) >= 11 is 0. The van der Waals surface area contributed by atoms with Crippen molar-refractivity contribution >= 4 is 5.78 Å². The average molecular weight is 254 g/mol. The van der Waals surface area contributed by atoms with Gasteiger partial charge in [0.15, 0.2) is 5.78 Å². The van der Waals surface area contributed by atoms with Gasteiger partial charge in [-0.3, -0.25) is 4.79 Å². The molecule has 7 heteroatoms. The van der Waals surface area contributed by atoms with Crippen molar-refractivity contribution in [3.63, 3.8) is 0 Å². The van der Waals surface area contributed by atoms with Gasteiger partial charge in [-0.2, -0.15) is 8.78 Å². The molecule has 0 N–H and O–H groups in total. The summed E-state index contributed by atoms with van der Waals surface area (Å²) in [6.07, 6.45) is -3.32. The van der Waals surface area contributed by atoms with Gasteiger partial charge >= 0.3 is 6.61 Å². The number of benzene rings is 1. The zero-order chi connectivity index (χ0) is 13.2. The van der Waals surface area contributed by atoms with E-state index in [0.29, 0.717) is 12.1 Å². The van der Waals surface area contributed by atoms with Crippen LogP contribution in [-0.2, 0) is 0 Å². The number of halogens is 5. The monoisotopic (exact) mass is 254 g/mol. The van der Waals surface area contributed by atoms with Crippen LogP contribution in [0.5, 0.6) is 5.75 Å². The lowest BCUT2D eigenvalue weighted by molar-refractivity contribution is -0.0523. The molecule has 0 spiro atoms. The molecule has 0 radical (unpaired) electrons. The van der Waals surface area contributed by atoms with Crippen LogP contribution in [0.4, 0.5) is 22.0 Å². The van der Waals surface area contributed by atoms with Crippen molar-refractivity contribution in [1.82, 2.24) is 0 Å². The molecule has 0 aliphatic carbocycles. The predicted octanol–water partition coefficient (Wildman–Crippen LogP) is 3.57. The first-order valence-corrected chi connectivity index (χ1v) is 4.40. The third kappa shape index (κ3) is 3.15. The third-order valence-electron chi connectivity index (χ3n) is 1.93. The van der Waals surface area contributed by atoms with Crippen molar-refractivity contribution in [2.24, 2.45) is 0 Å². The minimum absolute atomic E-state index is 0.317. The SMILES string of the molecule is CC(=O)c1cc(F)c(C(F)F)c(OC(F)F)c1. The quantitative estimate of drug-likeness (QED) is 0.606. The van der Waals surface area contributed by atoms with Gasteiger partial charge in [0, 0.05) is 5.56 Å². The Morgan fingerprint density at radius 2 is 1.82 bits per heavy atom. The fraction of sp³-hybridized carbons (Fsp3) is 0.300. The zero-order valence-electron chi connectivity index (χ0n) is 8.52. The molecule has 17 heavy (non-hydrogen) atoms. The summed E-state index contributed by atoms with van der Waals surface area (Å²) in [5.74, 6) is -3.13. The first-order chi connectivity index (χ1) is 7.82. The smallest absolute Gasteiger partial charge is 0.387 e. The van der Waals surface area contributed by atoms with Crippen LogP contribution in [0.2, 0.25) is 0 Å². The molecule has 0 unspecified atom stereocenters. The highest BCUT2D eigenvalue weighted by Crippen LogP contribution is 2.33. The number of ether oxygens (including phenoxy) is 1. The van der Waals surface area contributed by atoms with Crippen LogP contribution < -0.4 is 4.74 Å². The van der Waals surface area contributed by atoms with Gasteiger partial charge in [0.05, 0.1) is 5.56 Å². The van der Waals surface area contributed by atoms with Gasteiger partial charge < -0.3 is 4.74 Å². The van der Waals surface area contributed by atoms with Gasteiger partial charge in [-0.05, 0) is 19.1 Å². The van der Waals surface area contributed by atoms with E-state index < -0.39 is 36.0 Å². The molecule has 0 fully saturated rings. The fourth-order valence-electron chi connectivity index (χ4n) is 1.20. The number of hydrogen-bond donors (Lipinski definition) is 0. The number of carbonyl (C=O) groups is 1. The number of alkyl halides is 4. The van der Waals surface area contributed by atoms with Gasteiger partial charge in [0.2, 0.25) is 0 Å². The van der Waals surface area contributed by atoms with Crippen molar-refractivity contribution < 1.29 is 31.5 Å². The second kappa shape index (κ2) is 5.11. The van der Waals surface area contributed by atoms with Crippen molar-refractivity contribution in [2.45, 2.75) is 20.0 Å². The molecule has 0 saturated carbocycles. The molecule has 0 heterocycles. The Morgan fingerprint density at radius 3 is 2.24 bits per heavy atom. The normalized spacial score (nSPS) is 11.1. The molecule has 2 nitrogen and oxygen atoms in total. The standard InChI is InChI=1S/C10H7F5O2/c1-4(16)5-2-6(11)8(9(12)13)7(3-5)17-10(14)15/h2-3,9-10H,1H3. The van der Waals surface area contributed by atoms with E-state index in [1.165, 1.54) is 0 Å². The van der Waals surface area contributed by atoms with E-state index in [9.17, 15) is 26.7 Å². The van der Waals surface area contributed by atoms with Crippen LogP contribution in [0.3, 0.4) is 0 Å². The summed E-state index contributed by atoms with van der Waals surface area (Å²) in [7, 11) is 0. The van der Waals surface area contributed by atoms with E-state index in [1.807, 2.05) is 0 Å². The summed E-state index contributed by atoms with van der Waals surface area (Å²) in [4.78, 5) is 10.9. The van der Waals surface area contributed by atoms with E-state index >= 15 is 0 Å². The average Bonchev–Trinajstić information content (AvgIpc) is 2.14. The predicted molar refractivity (Wildman–Crippen MR) is 48.0 cm³/mol. The summed E-state index contributed by atoms with van der Waals surface area (Å²) < 4.78 is 65.7. The first-order valence-electron chi connectivity index (χ1n) is 4.40. The molecule has 94 valence electrons. The van der Waals surface area contributed by atoms with Gasteiger partial charge in [0.25, 0.3) is 6.43 Å². The van der Waals surface area contributed by atoms with Crippen LogP contribution in [0.25, 0.3) is 0 Å². The lowest BCUT2D eigenvalue weighted by Gasteiger charge is -2.12. The van der Waals surface area contributed by atoms with Crippen molar-refractivity contribution in [3.8, 4) is 5.75 Å². The van der Waals surface area contributed by atoms with E-state index in [2.05, 4.69) is 4.74 Å². The second-order valence-electron chi connectivity index (χ2n) is 3.11. The van der Waals surface area contributed by atoms with Gasteiger partial charge in [0.1, 0.15) is 11.6 Å². The molecular formula is C10H7F5O2. The van der Waals surface area contributed by atoms with Crippen LogP contribution >= 0.6 is 0 Å². The van der Waals surface area contributed by atoms with Crippen LogP contribution in [0, 0.1) is 5.82 Å². The van der Waals surface area contributed by atoms with Gasteiger partial charge in [-0.25, -0.2) is 13.2 Å². The number of rotatable bonds is 4. The summed E-state index contributed by atoms with van der Waals surface area (Å²) in [6.45, 7) is -2.34. The largest absolute Gasteiger partial charge is 0.434 e. The Bertz CT molecular complexity index is 431. The van der Waals surface area contributed by atoms with E-state index in [0.717, 1.165) is 6.92 Å². The zero-order valence-corrected chi connectivity index (χ0v) is 8.52. The Hall–Kier alpha value is -1.66. The molecule has 0 saturated heterocycles. The Kier molecular flexibility index (Phi) is 4.03. The minimum atomic E-state index is -3.38. The molecule has 0 amide bonds. The summed E-state index contributed by atoms with van der Waals surface area (Å²) in [6, 6.07) is 1.22. The molecule has 0 atom stereocenters. The van der Waals surface area contributed by atoms with E-state index in [4.69, 9.17) is 0 Å². The molecule has 0 bridgehead atoms. The lowest BCUT2D eigenvalue weighted by atomic mass is 10.1. The van der Waals surface area contributed by atoms with Crippen LogP contribution in [0.15, 0.2) is 12.1 Å². The van der Waals surface area contributed by atoms with Gasteiger partial charge in [-0.1, -0.05) is 0 Å². The maximum Gasteiger partial charge on any atom is 0.387 e. The van der Waals surface area contributed by atoms with Crippen LogP contribution in [-0.4, -0.2) is 12.4 Å². The molecular weight excluding hydrogens is 247 g/mol. The van der Waals surface area contributed by atoms with Crippen molar-refractivity contribution in [3.05, 3.63) is 29.1 Å². The molecule has 0 aliphatic heterocycles. The number of Topliss-reactive ketones (excluding diaryl/α,β-unsaturated/α-hetero) is 1. The molecule has 0 aromatic heterocycles. The number of ketones is 1. The first kappa shape index (κ1) is 13.4. The maximum atomic E-state index is 13.2.